The van der Waals surface area contributed by atoms with Crippen LogP contribution in [0.1, 0.15) is 0 Å². The van der Waals surface area contributed by atoms with E-state index < -0.39 is 0 Å². The van der Waals surface area contributed by atoms with Gasteiger partial charge in [-0.05, 0) is 35.9 Å². The van der Waals surface area contributed by atoms with Crippen LogP contribution in [-0.2, 0) is 7.05 Å². The quantitative estimate of drug-likeness (QED) is 0.264. The van der Waals surface area contributed by atoms with Crippen LogP contribution >= 0.6 is 15.9 Å². The standard InChI is InChI=1S/C25H16BrNO/c1-27-21-12-11-16(26)13-18(21)19-14-20-17-9-5-6-10-22(17)28-25(20)23(24(19)27)15-7-3-2-4-8-15/h2-14H,1H3. The summed E-state index contributed by atoms with van der Waals surface area (Å²) >= 11 is 3.65. The molecular weight excluding hydrogens is 410 g/mol. The van der Waals surface area contributed by atoms with E-state index in [1.807, 2.05) is 12.1 Å². The number of fused-ring (bicyclic) bond motifs is 6. The van der Waals surface area contributed by atoms with Crippen molar-refractivity contribution in [3.8, 4) is 11.1 Å². The number of hydrogen-bond acceptors (Lipinski definition) is 1. The fraction of sp³-hybridized carbons (Fsp3) is 0.0400. The van der Waals surface area contributed by atoms with E-state index in [1.54, 1.807) is 0 Å². The monoisotopic (exact) mass is 425 g/mol. The number of halogens is 1. The van der Waals surface area contributed by atoms with Gasteiger partial charge in [0.1, 0.15) is 11.2 Å². The van der Waals surface area contributed by atoms with Crippen molar-refractivity contribution in [2.45, 2.75) is 0 Å². The van der Waals surface area contributed by atoms with Crippen LogP contribution in [0.4, 0.5) is 0 Å². The summed E-state index contributed by atoms with van der Waals surface area (Å²) in [5, 5.41) is 4.81. The zero-order chi connectivity index (χ0) is 18.8. The molecule has 0 fully saturated rings. The van der Waals surface area contributed by atoms with Crippen LogP contribution in [0.3, 0.4) is 0 Å². The van der Waals surface area contributed by atoms with Gasteiger partial charge in [-0.15, -0.1) is 0 Å². The zero-order valence-corrected chi connectivity index (χ0v) is 16.8. The van der Waals surface area contributed by atoms with E-state index in [9.17, 15) is 0 Å². The van der Waals surface area contributed by atoms with Gasteiger partial charge in [0.2, 0.25) is 0 Å². The number of hydrogen-bond donors (Lipinski definition) is 0. The van der Waals surface area contributed by atoms with Crippen LogP contribution in [-0.4, -0.2) is 4.57 Å². The molecular formula is C25H16BrNO. The average molecular weight is 426 g/mol. The maximum absolute atomic E-state index is 6.40. The number of aryl methyl sites for hydroxylation is 1. The first-order valence-corrected chi connectivity index (χ1v) is 10.1. The van der Waals surface area contributed by atoms with Crippen molar-refractivity contribution in [2.75, 3.05) is 0 Å². The molecule has 28 heavy (non-hydrogen) atoms. The molecule has 4 aromatic carbocycles. The Morgan fingerprint density at radius 2 is 1.54 bits per heavy atom. The Morgan fingerprint density at radius 1 is 0.750 bits per heavy atom. The van der Waals surface area contributed by atoms with Gasteiger partial charge in [0.25, 0.3) is 0 Å². The van der Waals surface area contributed by atoms with Crippen LogP contribution < -0.4 is 0 Å². The van der Waals surface area contributed by atoms with Gasteiger partial charge in [-0.25, -0.2) is 0 Å². The largest absolute Gasteiger partial charge is 0.455 e. The van der Waals surface area contributed by atoms with Gasteiger partial charge < -0.3 is 8.98 Å². The van der Waals surface area contributed by atoms with Crippen LogP contribution in [0, 0.1) is 0 Å². The van der Waals surface area contributed by atoms with Crippen molar-refractivity contribution < 1.29 is 4.42 Å². The van der Waals surface area contributed by atoms with Crippen molar-refractivity contribution in [2.24, 2.45) is 7.05 Å². The highest BCUT2D eigenvalue weighted by molar-refractivity contribution is 9.10. The SMILES string of the molecule is Cn1c2ccc(Br)cc2c2cc3c(oc4ccccc43)c(-c3ccccc3)c21. The van der Waals surface area contributed by atoms with E-state index in [0.717, 1.165) is 32.0 Å². The van der Waals surface area contributed by atoms with Gasteiger partial charge in [-0.1, -0.05) is 64.5 Å². The van der Waals surface area contributed by atoms with Crippen LogP contribution in [0.2, 0.25) is 0 Å². The number of rotatable bonds is 1. The number of para-hydroxylation sites is 1. The minimum atomic E-state index is 0.926. The van der Waals surface area contributed by atoms with Crippen molar-refractivity contribution >= 4 is 59.7 Å². The zero-order valence-electron chi connectivity index (χ0n) is 15.2. The lowest BCUT2D eigenvalue weighted by Crippen LogP contribution is -1.90. The second kappa shape index (κ2) is 5.73. The number of furan rings is 1. The molecule has 0 aliphatic rings. The minimum Gasteiger partial charge on any atom is -0.455 e. The summed E-state index contributed by atoms with van der Waals surface area (Å²) in [7, 11) is 2.14. The van der Waals surface area contributed by atoms with E-state index in [-0.39, 0.29) is 0 Å². The Hall–Kier alpha value is -3.04. The predicted octanol–water partition coefficient (Wildman–Crippen LogP) is 7.66. The van der Waals surface area contributed by atoms with E-state index >= 15 is 0 Å². The lowest BCUT2D eigenvalue weighted by Gasteiger charge is -2.08. The molecule has 0 bridgehead atoms. The molecule has 6 rings (SSSR count). The Kier molecular flexibility index (Phi) is 3.27. The number of benzene rings is 4. The third kappa shape index (κ3) is 2.08. The highest BCUT2D eigenvalue weighted by Crippen LogP contribution is 2.44. The van der Waals surface area contributed by atoms with Gasteiger partial charge in [0, 0.05) is 44.1 Å². The molecule has 0 radical (unpaired) electrons. The Labute approximate surface area is 170 Å². The smallest absolute Gasteiger partial charge is 0.145 e. The van der Waals surface area contributed by atoms with Gasteiger partial charge in [-0.2, -0.15) is 0 Å². The van der Waals surface area contributed by atoms with Crippen molar-refractivity contribution in [3.63, 3.8) is 0 Å². The summed E-state index contributed by atoms with van der Waals surface area (Å²) in [6.07, 6.45) is 0. The van der Waals surface area contributed by atoms with Crippen LogP contribution in [0.25, 0.3) is 54.9 Å². The molecule has 0 N–H and O–H groups in total. The maximum Gasteiger partial charge on any atom is 0.145 e. The topological polar surface area (TPSA) is 18.1 Å². The van der Waals surface area contributed by atoms with Gasteiger partial charge in [0.15, 0.2) is 0 Å². The van der Waals surface area contributed by atoms with E-state index in [1.165, 1.54) is 27.4 Å². The van der Waals surface area contributed by atoms with Crippen molar-refractivity contribution in [3.05, 3.63) is 83.3 Å². The van der Waals surface area contributed by atoms with Gasteiger partial charge in [-0.3, -0.25) is 0 Å². The fourth-order valence-electron chi connectivity index (χ4n) is 4.41. The molecule has 2 heterocycles. The number of aromatic nitrogens is 1. The molecule has 0 unspecified atom stereocenters. The molecule has 0 atom stereocenters. The van der Waals surface area contributed by atoms with Crippen LogP contribution in [0.5, 0.6) is 0 Å². The average Bonchev–Trinajstić information content (AvgIpc) is 3.23. The molecule has 0 amide bonds. The molecule has 2 nitrogen and oxygen atoms in total. The summed E-state index contributed by atoms with van der Waals surface area (Å²) in [5.41, 5.74) is 6.61. The Bertz CT molecular complexity index is 1520. The van der Waals surface area contributed by atoms with E-state index in [2.05, 4.69) is 94.3 Å². The number of nitrogens with zero attached hydrogens (tertiary/aromatic N) is 1. The highest BCUT2D eigenvalue weighted by Gasteiger charge is 2.20. The van der Waals surface area contributed by atoms with Gasteiger partial charge >= 0.3 is 0 Å². The fourth-order valence-corrected chi connectivity index (χ4v) is 4.77. The molecule has 6 aromatic rings. The first kappa shape index (κ1) is 16.0. The molecule has 134 valence electrons. The molecule has 0 spiro atoms. The summed E-state index contributed by atoms with van der Waals surface area (Å²) in [5.74, 6) is 0. The summed E-state index contributed by atoms with van der Waals surface area (Å²) < 4.78 is 9.77. The third-order valence-electron chi connectivity index (χ3n) is 5.65. The predicted molar refractivity (Wildman–Crippen MR) is 121 cm³/mol. The molecule has 0 aliphatic heterocycles. The maximum atomic E-state index is 6.40. The Balaban J connectivity index is 1.94. The summed E-state index contributed by atoms with van der Waals surface area (Å²) in [6.45, 7) is 0. The summed E-state index contributed by atoms with van der Waals surface area (Å²) in [6, 6.07) is 27.6. The second-order valence-electron chi connectivity index (χ2n) is 7.21. The molecule has 0 saturated heterocycles. The summed E-state index contributed by atoms with van der Waals surface area (Å²) in [4.78, 5) is 0. The third-order valence-corrected chi connectivity index (χ3v) is 6.14. The lowest BCUT2D eigenvalue weighted by atomic mass is 9.98. The highest BCUT2D eigenvalue weighted by atomic mass is 79.9. The second-order valence-corrected chi connectivity index (χ2v) is 8.12. The molecule has 0 saturated carbocycles. The van der Waals surface area contributed by atoms with Crippen LogP contribution in [0.15, 0.2) is 87.8 Å². The first-order valence-electron chi connectivity index (χ1n) is 9.30. The van der Waals surface area contributed by atoms with Gasteiger partial charge in [0.05, 0.1) is 5.52 Å². The minimum absolute atomic E-state index is 0.926. The lowest BCUT2D eigenvalue weighted by molar-refractivity contribution is 0.670. The normalized spacial score (nSPS) is 11.9. The molecule has 3 heteroatoms. The Morgan fingerprint density at radius 3 is 2.39 bits per heavy atom. The molecule has 0 aliphatic carbocycles. The first-order chi connectivity index (χ1) is 13.7. The van der Waals surface area contributed by atoms with Crippen molar-refractivity contribution in [1.29, 1.82) is 0 Å². The molecule has 2 aromatic heterocycles. The van der Waals surface area contributed by atoms with E-state index in [0.29, 0.717) is 0 Å². The van der Waals surface area contributed by atoms with Crippen molar-refractivity contribution in [1.82, 2.24) is 4.57 Å². The van der Waals surface area contributed by atoms with E-state index in [4.69, 9.17) is 4.42 Å².